The second-order valence-corrected chi connectivity index (χ2v) is 8.70. The van der Waals surface area contributed by atoms with E-state index in [9.17, 15) is 14.4 Å². The van der Waals surface area contributed by atoms with E-state index in [-0.39, 0.29) is 24.0 Å². The Bertz CT molecular complexity index is 1400. The topological polar surface area (TPSA) is 104 Å². The number of benzene rings is 2. The highest BCUT2D eigenvalue weighted by molar-refractivity contribution is 6.31. The first kappa shape index (κ1) is 21.9. The number of pyridine rings is 1. The third-order valence-corrected chi connectivity index (χ3v) is 6.23. The smallest absolute Gasteiger partial charge is 0.268 e. The van der Waals surface area contributed by atoms with Gasteiger partial charge in [0.2, 0.25) is 5.91 Å². The van der Waals surface area contributed by atoms with Crippen LogP contribution in [0.2, 0.25) is 5.02 Å². The number of halogens is 1. The lowest BCUT2D eigenvalue weighted by Crippen LogP contribution is -2.47. The SMILES string of the molecule is O=C(CC1C(=O)C(NC(=O)c2cc3cc(Cl)ccc3[nH]2)Cc2ccccc21)Nc1ccccn1. The Kier molecular flexibility index (Phi) is 5.86. The number of carbonyl (C=O) groups is 3. The van der Waals surface area contributed by atoms with Crippen molar-refractivity contribution >= 4 is 45.9 Å². The molecular weight excluding hydrogens is 452 g/mol. The van der Waals surface area contributed by atoms with Gasteiger partial charge in [0.1, 0.15) is 11.5 Å². The molecule has 2 unspecified atom stereocenters. The van der Waals surface area contributed by atoms with Crippen molar-refractivity contribution in [1.82, 2.24) is 15.3 Å². The molecule has 0 radical (unpaired) electrons. The van der Waals surface area contributed by atoms with Gasteiger partial charge in [-0.1, -0.05) is 41.9 Å². The summed E-state index contributed by atoms with van der Waals surface area (Å²) in [6.45, 7) is 0. The average molecular weight is 473 g/mol. The fraction of sp³-hybridized carbons (Fsp3) is 0.154. The molecule has 0 aliphatic heterocycles. The molecule has 5 rings (SSSR count). The number of rotatable bonds is 5. The number of nitrogens with one attached hydrogen (secondary N) is 3. The molecule has 0 bridgehead atoms. The van der Waals surface area contributed by atoms with Crippen molar-refractivity contribution in [2.75, 3.05) is 5.32 Å². The third kappa shape index (κ3) is 4.43. The predicted molar refractivity (Wildman–Crippen MR) is 130 cm³/mol. The van der Waals surface area contributed by atoms with Crippen LogP contribution in [0.15, 0.2) is 72.9 Å². The van der Waals surface area contributed by atoms with Crippen molar-refractivity contribution in [3.05, 3.63) is 94.8 Å². The summed E-state index contributed by atoms with van der Waals surface area (Å²) in [5.41, 5.74) is 2.87. The molecule has 34 heavy (non-hydrogen) atoms. The highest BCUT2D eigenvalue weighted by atomic mass is 35.5. The van der Waals surface area contributed by atoms with Crippen molar-refractivity contribution in [2.45, 2.75) is 24.8 Å². The van der Waals surface area contributed by atoms with Crippen LogP contribution in [0.5, 0.6) is 0 Å². The van der Waals surface area contributed by atoms with Crippen LogP contribution in [0.4, 0.5) is 5.82 Å². The lowest BCUT2D eigenvalue weighted by molar-refractivity contribution is -0.126. The number of anilines is 1. The molecule has 2 atom stereocenters. The normalized spacial score (nSPS) is 17.3. The number of aromatic amines is 1. The van der Waals surface area contributed by atoms with Crippen molar-refractivity contribution in [1.29, 1.82) is 0 Å². The maximum atomic E-state index is 13.4. The van der Waals surface area contributed by atoms with Crippen molar-refractivity contribution < 1.29 is 14.4 Å². The van der Waals surface area contributed by atoms with Gasteiger partial charge in [-0.2, -0.15) is 0 Å². The van der Waals surface area contributed by atoms with Gasteiger partial charge < -0.3 is 15.6 Å². The van der Waals surface area contributed by atoms with Crippen molar-refractivity contribution in [3.8, 4) is 0 Å². The Morgan fingerprint density at radius 1 is 1.06 bits per heavy atom. The summed E-state index contributed by atoms with van der Waals surface area (Å²) in [5, 5.41) is 6.97. The molecule has 0 saturated heterocycles. The van der Waals surface area contributed by atoms with E-state index < -0.39 is 12.0 Å². The summed E-state index contributed by atoms with van der Waals surface area (Å²) in [5.74, 6) is -1.14. The van der Waals surface area contributed by atoms with Gasteiger partial charge >= 0.3 is 0 Å². The number of aromatic nitrogens is 2. The van der Waals surface area contributed by atoms with E-state index in [4.69, 9.17) is 11.6 Å². The number of ketones is 1. The Labute approximate surface area is 200 Å². The van der Waals surface area contributed by atoms with Crippen LogP contribution in [-0.4, -0.2) is 33.6 Å². The lowest BCUT2D eigenvalue weighted by Gasteiger charge is -2.30. The van der Waals surface area contributed by atoms with Gasteiger partial charge in [0, 0.05) is 35.0 Å². The Morgan fingerprint density at radius 2 is 1.88 bits per heavy atom. The number of hydrogen-bond donors (Lipinski definition) is 3. The zero-order valence-electron chi connectivity index (χ0n) is 18.0. The van der Waals surface area contributed by atoms with E-state index in [0.717, 1.165) is 22.0 Å². The second kappa shape index (κ2) is 9.11. The molecule has 2 aromatic carbocycles. The molecule has 1 aliphatic carbocycles. The lowest BCUT2D eigenvalue weighted by atomic mass is 9.77. The van der Waals surface area contributed by atoms with E-state index in [0.29, 0.717) is 23.0 Å². The maximum absolute atomic E-state index is 13.4. The Morgan fingerprint density at radius 3 is 2.71 bits per heavy atom. The number of H-pyrrole nitrogens is 1. The van der Waals surface area contributed by atoms with Crippen LogP contribution in [0.1, 0.15) is 34.0 Å². The molecule has 2 amide bonds. The molecule has 4 aromatic rings. The van der Waals surface area contributed by atoms with Gasteiger partial charge in [-0.3, -0.25) is 14.4 Å². The fourth-order valence-electron chi connectivity index (χ4n) is 4.39. The average Bonchev–Trinajstić information content (AvgIpc) is 3.26. The van der Waals surface area contributed by atoms with Crippen LogP contribution in [0.3, 0.4) is 0 Å². The first-order valence-corrected chi connectivity index (χ1v) is 11.3. The monoisotopic (exact) mass is 472 g/mol. The number of Topliss-reactive ketones (excluding diaryl/α,β-unsaturated/α-hetero) is 1. The van der Waals surface area contributed by atoms with Crippen LogP contribution in [0, 0.1) is 0 Å². The van der Waals surface area contributed by atoms with Crippen molar-refractivity contribution in [3.63, 3.8) is 0 Å². The van der Waals surface area contributed by atoms with Crippen LogP contribution >= 0.6 is 11.6 Å². The van der Waals surface area contributed by atoms with Gasteiger partial charge in [0.25, 0.3) is 5.91 Å². The standard InChI is InChI=1S/C26H21ClN4O3/c27-17-8-9-20-16(11-17)13-22(29-20)26(34)30-21-12-15-5-1-2-6-18(15)19(25(21)33)14-24(32)31-23-7-3-4-10-28-23/h1-11,13,19,21,29H,12,14H2,(H,30,34)(H,28,31,32). The molecule has 170 valence electrons. The maximum Gasteiger partial charge on any atom is 0.268 e. The summed E-state index contributed by atoms with van der Waals surface area (Å²) in [6.07, 6.45) is 1.91. The van der Waals surface area contributed by atoms with Crippen LogP contribution in [-0.2, 0) is 16.0 Å². The molecule has 1 aliphatic rings. The van der Waals surface area contributed by atoms with Crippen LogP contribution < -0.4 is 10.6 Å². The van der Waals surface area contributed by atoms with E-state index in [2.05, 4.69) is 20.6 Å². The highest BCUT2D eigenvalue weighted by Crippen LogP contribution is 2.32. The molecular formula is C26H21ClN4O3. The number of carbonyl (C=O) groups excluding carboxylic acids is 3. The van der Waals surface area contributed by atoms with E-state index in [1.807, 2.05) is 24.3 Å². The number of fused-ring (bicyclic) bond motifs is 2. The number of amides is 2. The highest BCUT2D eigenvalue weighted by Gasteiger charge is 2.37. The molecule has 2 heterocycles. The zero-order chi connectivity index (χ0) is 23.7. The molecule has 2 aromatic heterocycles. The fourth-order valence-corrected chi connectivity index (χ4v) is 4.57. The molecule has 7 nitrogen and oxygen atoms in total. The van der Waals surface area contributed by atoms with Gasteiger partial charge in [0.05, 0.1) is 12.0 Å². The van der Waals surface area contributed by atoms with E-state index in [1.54, 1.807) is 48.7 Å². The number of nitrogens with zero attached hydrogens (tertiary/aromatic N) is 1. The number of hydrogen-bond acceptors (Lipinski definition) is 4. The van der Waals surface area contributed by atoms with Gasteiger partial charge in [-0.15, -0.1) is 0 Å². The summed E-state index contributed by atoms with van der Waals surface area (Å²) in [4.78, 5) is 46.3. The first-order chi connectivity index (χ1) is 16.5. The molecule has 0 saturated carbocycles. The summed E-state index contributed by atoms with van der Waals surface area (Å²) in [6, 6.07) is 19.0. The van der Waals surface area contributed by atoms with Crippen molar-refractivity contribution in [2.24, 2.45) is 0 Å². The van der Waals surface area contributed by atoms with Gasteiger partial charge in [0.15, 0.2) is 5.78 Å². The predicted octanol–water partition coefficient (Wildman–Crippen LogP) is 4.25. The Balaban J connectivity index is 1.36. The van der Waals surface area contributed by atoms with Gasteiger partial charge in [-0.05, 0) is 47.5 Å². The molecule has 0 fully saturated rings. The molecule has 8 heteroatoms. The quantitative estimate of drug-likeness (QED) is 0.404. The summed E-state index contributed by atoms with van der Waals surface area (Å²) in [7, 11) is 0. The second-order valence-electron chi connectivity index (χ2n) is 8.27. The Hall–Kier alpha value is -3.97. The zero-order valence-corrected chi connectivity index (χ0v) is 18.8. The van der Waals surface area contributed by atoms with E-state index in [1.165, 1.54) is 0 Å². The third-order valence-electron chi connectivity index (χ3n) is 6.00. The molecule has 0 spiro atoms. The van der Waals surface area contributed by atoms with Crippen LogP contribution in [0.25, 0.3) is 10.9 Å². The summed E-state index contributed by atoms with van der Waals surface area (Å²) < 4.78 is 0. The van der Waals surface area contributed by atoms with Gasteiger partial charge in [-0.25, -0.2) is 4.98 Å². The minimum absolute atomic E-state index is 0.0380. The van der Waals surface area contributed by atoms with E-state index >= 15 is 0 Å². The minimum atomic E-state index is -0.745. The minimum Gasteiger partial charge on any atom is -0.351 e. The largest absolute Gasteiger partial charge is 0.351 e. The molecule has 3 N–H and O–H groups in total. The first-order valence-electron chi connectivity index (χ1n) is 10.9. The summed E-state index contributed by atoms with van der Waals surface area (Å²) >= 11 is 6.04.